The zero-order valence-corrected chi connectivity index (χ0v) is 12.8. The second-order valence-electron chi connectivity index (χ2n) is 4.60. The molecule has 3 rings (SSSR count). The van der Waals surface area contributed by atoms with Crippen LogP contribution in [0, 0.1) is 0 Å². The Hall–Kier alpha value is -2.93. The number of furan rings is 1. The first-order chi connectivity index (χ1) is 11.1. The number of rotatable bonds is 5. The number of sulfonamides is 1. The van der Waals surface area contributed by atoms with E-state index in [0.717, 1.165) is 11.0 Å². The molecular formula is C16H13N3O3S. The highest BCUT2D eigenvalue weighted by Crippen LogP contribution is 2.18. The van der Waals surface area contributed by atoms with Crippen LogP contribution in [0.15, 0.2) is 70.8 Å². The van der Waals surface area contributed by atoms with E-state index in [1.165, 1.54) is 18.5 Å². The lowest BCUT2D eigenvalue weighted by molar-refractivity contribution is 0.580. The fourth-order valence-electron chi connectivity index (χ4n) is 1.86. The highest BCUT2D eigenvalue weighted by atomic mass is 32.2. The summed E-state index contributed by atoms with van der Waals surface area (Å²) in [6, 6.07) is 14.2. The van der Waals surface area contributed by atoms with Gasteiger partial charge in [-0.1, -0.05) is 30.3 Å². The van der Waals surface area contributed by atoms with E-state index >= 15 is 0 Å². The summed E-state index contributed by atoms with van der Waals surface area (Å²) in [4.78, 5) is 8.04. The van der Waals surface area contributed by atoms with Crippen LogP contribution in [0.4, 0.5) is 5.95 Å². The first-order valence-corrected chi connectivity index (χ1v) is 8.30. The number of hydrogen-bond acceptors (Lipinski definition) is 5. The van der Waals surface area contributed by atoms with Gasteiger partial charge in [0, 0.05) is 6.20 Å². The number of aromatic nitrogens is 2. The molecule has 0 aliphatic heterocycles. The Morgan fingerprint density at radius 3 is 2.61 bits per heavy atom. The molecule has 1 N–H and O–H groups in total. The molecule has 6 nitrogen and oxygen atoms in total. The minimum Gasteiger partial charge on any atom is -0.463 e. The van der Waals surface area contributed by atoms with Gasteiger partial charge in [0.1, 0.15) is 5.69 Å². The van der Waals surface area contributed by atoms with Crippen LogP contribution in [0.25, 0.3) is 17.5 Å². The Labute approximate surface area is 133 Å². The number of nitrogens with zero attached hydrogens (tertiary/aromatic N) is 2. The summed E-state index contributed by atoms with van der Waals surface area (Å²) in [6.07, 6.45) is 4.48. The number of nitrogens with one attached hydrogen (secondary N) is 1. The maximum Gasteiger partial charge on any atom is 0.257 e. The zero-order valence-electron chi connectivity index (χ0n) is 12.0. The van der Waals surface area contributed by atoms with Gasteiger partial charge in [0.25, 0.3) is 10.0 Å². The summed E-state index contributed by atoms with van der Waals surface area (Å²) in [5, 5.41) is 1.07. The highest BCUT2D eigenvalue weighted by molar-refractivity contribution is 7.95. The van der Waals surface area contributed by atoms with Crippen LogP contribution in [0.2, 0.25) is 0 Å². The van der Waals surface area contributed by atoms with Gasteiger partial charge >= 0.3 is 0 Å². The fourth-order valence-corrected chi connectivity index (χ4v) is 2.62. The minimum atomic E-state index is -3.70. The van der Waals surface area contributed by atoms with Crippen molar-refractivity contribution in [3.8, 4) is 11.5 Å². The molecule has 0 atom stereocenters. The topological polar surface area (TPSA) is 85.1 Å². The van der Waals surface area contributed by atoms with Crippen LogP contribution < -0.4 is 4.72 Å². The quantitative estimate of drug-likeness (QED) is 0.778. The van der Waals surface area contributed by atoms with Crippen molar-refractivity contribution in [3.63, 3.8) is 0 Å². The Bertz CT molecular complexity index is 905. The van der Waals surface area contributed by atoms with Gasteiger partial charge in [-0.15, -0.1) is 0 Å². The summed E-state index contributed by atoms with van der Waals surface area (Å²) >= 11 is 0. The zero-order chi connectivity index (χ0) is 16.1. The molecule has 0 spiro atoms. The van der Waals surface area contributed by atoms with Crippen LogP contribution in [-0.2, 0) is 10.0 Å². The van der Waals surface area contributed by atoms with E-state index in [1.54, 1.807) is 30.3 Å². The molecule has 0 unspecified atom stereocenters. The van der Waals surface area contributed by atoms with E-state index in [-0.39, 0.29) is 5.95 Å². The van der Waals surface area contributed by atoms with E-state index in [0.29, 0.717) is 11.5 Å². The summed E-state index contributed by atoms with van der Waals surface area (Å²) in [5.74, 6) is 0.518. The number of anilines is 1. The van der Waals surface area contributed by atoms with Crippen molar-refractivity contribution in [1.82, 2.24) is 9.97 Å². The maximum absolute atomic E-state index is 12.1. The highest BCUT2D eigenvalue weighted by Gasteiger charge is 2.10. The van der Waals surface area contributed by atoms with Gasteiger partial charge in [-0.05, 0) is 29.8 Å². The van der Waals surface area contributed by atoms with E-state index in [9.17, 15) is 8.42 Å². The molecule has 2 heterocycles. The summed E-state index contributed by atoms with van der Waals surface area (Å²) in [6.45, 7) is 0. The predicted octanol–water partition coefficient (Wildman–Crippen LogP) is 3.15. The molecule has 0 saturated heterocycles. The minimum absolute atomic E-state index is 0.0170. The third-order valence-electron chi connectivity index (χ3n) is 2.90. The second-order valence-corrected chi connectivity index (χ2v) is 6.17. The van der Waals surface area contributed by atoms with Gasteiger partial charge in [-0.25, -0.2) is 23.1 Å². The Morgan fingerprint density at radius 2 is 1.87 bits per heavy atom. The molecule has 2 aromatic heterocycles. The summed E-state index contributed by atoms with van der Waals surface area (Å²) < 4.78 is 31.7. The van der Waals surface area contributed by atoms with Crippen molar-refractivity contribution >= 4 is 22.0 Å². The van der Waals surface area contributed by atoms with Crippen LogP contribution in [0.5, 0.6) is 0 Å². The molecule has 23 heavy (non-hydrogen) atoms. The average molecular weight is 327 g/mol. The van der Waals surface area contributed by atoms with E-state index in [1.807, 2.05) is 18.2 Å². The maximum atomic E-state index is 12.1. The Balaban J connectivity index is 1.78. The summed E-state index contributed by atoms with van der Waals surface area (Å²) in [7, 11) is -3.70. The molecule has 0 aliphatic carbocycles. The van der Waals surface area contributed by atoms with Gasteiger partial charge in [0.05, 0.1) is 11.7 Å². The largest absolute Gasteiger partial charge is 0.463 e. The monoisotopic (exact) mass is 327 g/mol. The molecule has 0 aliphatic rings. The van der Waals surface area contributed by atoms with E-state index in [2.05, 4.69) is 14.7 Å². The molecule has 0 saturated carbocycles. The lowest BCUT2D eigenvalue weighted by Crippen LogP contribution is -2.11. The van der Waals surface area contributed by atoms with Crippen molar-refractivity contribution in [2.45, 2.75) is 0 Å². The lowest BCUT2D eigenvalue weighted by atomic mass is 10.2. The molecule has 0 amide bonds. The molecule has 0 radical (unpaired) electrons. The molecule has 116 valence electrons. The summed E-state index contributed by atoms with van der Waals surface area (Å²) in [5.41, 5.74) is 1.28. The van der Waals surface area contributed by atoms with Gasteiger partial charge < -0.3 is 4.42 Å². The van der Waals surface area contributed by atoms with Crippen LogP contribution in [0.1, 0.15) is 5.56 Å². The fraction of sp³-hybridized carbons (Fsp3) is 0. The van der Waals surface area contributed by atoms with E-state index < -0.39 is 10.0 Å². The molecule has 0 bridgehead atoms. The Morgan fingerprint density at radius 1 is 1.04 bits per heavy atom. The Kier molecular flexibility index (Phi) is 4.20. The molecule has 1 aromatic carbocycles. The van der Waals surface area contributed by atoms with Gasteiger partial charge in [-0.3, -0.25) is 0 Å². The second kappa shape index (κ2) is 6.45. The smallest absolute Gasteiger partial charge is 0.257 e. The SMILES string of the molecule is O=S(=O)(C=Cc1ccccc1)Nc1nccc(-c2ccco2)n1. The lowest BCUT2D eigenvalue weighted by Gasteiger charge is -2.03. The first kappa shape index (κ1) is 15.0. The van der Waals surface area contributed by atoms with Crippen molar-refractivity contribution in [1.29, 1.82) is 0 Å². The van der Waals surface area contributed by atoms with Crippen molar-refractivity contribution in [2.24, 2.45) is 0 Å². The van der Waals surface area contributed by atoms with Crippen molar-refractivity contribution < 1.29 is 12.8 Å². The third kappa shape index (κ3) is 4.04. The van der Waals surface area contributed by atoms with Gasteiger partial charge in [-0.2, -0.15) is 0 Å². The predicted molar refractivity (Wildman–Crippen MR) is 87.8 cm³/mol. The van der Waals surface area contributed by atoms with E-state index in [4.69, 9.17) is 4.42 Å². The standard InChI is InChI=1S/C16H13N3O3S/c20-23(21,12-9-13-5-2-1-3-6-13)19-16-17-10-8-14(18-16)15-7-4-11-22-15/h1-12H,(H,17,18,19). The number of benzene rings is 1. The first-order valence-electron chi connectivity index (χ1n) is 6.75. The van der Waals surface area contributed by atoms with Crippen LogP contribution >= 0.6 is 0 Å². The normalized spacial score (nSPS) is 11.7. The molecule has 0 fully saturated rings. The van der Waals surface area contributed by atoms with Crippen LogP contribution in [0.3, 0.4) is 0 Å². The van der Waals surface area contributed by atoms with Crippen molar-refractivity contribution in [2.75, 3.05) is 4.72 Å². The van der Waals surface area contributed by atoms with Gasteiger partial charge in [0.15, 0.2) is 5.76 Å². The third-order valence-corrected chi connectivity index (χ3v) is 3.86. The molecule has 7 heteroatoms. The van der Waals surface area contributed by atoms with Gasteiger partial charge in [0.2, 0.25) is 5.95 Å². The average Bonchev–Trinajstić information content (AvgIpc) is 3.08. The van der Waals surface area contributed by atoms with Crippen LogP contribution in [-0.4, -0.2) is 18.4 Å². The molecular weight excluding hydrogens is 314 g/mol. The number of hydrogen-bond donors (Lipinski definition) is 1. The van der Waals surface area contributed by atoms with Crippen molar-refractivity contribution in [3.05, 3.63) is 72.0 Å². The molecule has 3 aromatic rings.